The monoisotopic (exact) mass is 317 g/mol. The lowest BCUT2D eigenvalue weighted by molar-refractivity contribution is -0.144. The maximum Gasteiger partial charge on any atom is 0.328 e. The Hall–Kier alpha value is -1.86. The number of aliphatic carboxylic acids is 1. The van der Waals surface area contributed by atoms with Crippen LogP contribution in [0.4, 0.5) is 0 Å². The van der Waals surface area contributed by atoms with E-state index >= 15 is 0 Å². The normalized spacial score (nSPS) is 18.6. The molecule has 0 bridgehead atoms. The summed E-state index contributed by atoms with van der Waals surface area (Å²) in [5.74, 6) is -2.33. The smallest absolute Gasteiger partial charge is 0.328 e. The van der Waals surface area contributed by atoms with Crippen LogP contribution in [0.2, 0.25) is 10.3 Å². The SMILES string of the molecule is O=C1CN(C(=O)c2ccc(Cl)nc2Cl)C(C(=O)O)CN1. The van der Waals surface area contributed by atoms with Crippen LogP contribution < -0.4 is 5.32 Å². The molecule has 2 heterocycles. The highest BCUT2D eigenvalue weighted by atomic mass is 35.5. The molecule has 2 amide bonds. The highest BCUT2D eigenvalue weighted by molar-refractivity contribution is 6.34. The number of carbonyl (C=O) groups is 3. The average Bonchev–Trinajstić information content (AvgIpc) is 2.37. The van der Waals surface area contributed by atoms with Gasteiger partial charge in [0.2, 0.25) is 5.91 Å². The molecule has 106 valence electrons. The van der Waals surface area contributed by atoms with Crippen LogP contribution in [0.25, 0.3) is 0 Å². The predicted octanol–water partition coefficient (Wildman–Crippen LogP) is 0.414. The lowest BCUT2D eigenvalue weighted by Gasteiger charge is -2.32. The molecule has 1 aromatic heterocycles. The number of rotatable bonds is 2. The Bertz CT molecular complexity index is 593. The summed E-state index contributed by atoms with van der Waals surface area (Å²) in [6, 6.07) is 1.55. The minimum atomic E-state index is -1.21. The van der Waals surface area contributed by atoms with Crippen LogP contribution in [0.3, 0.4) is 0 Å². The molecule has 7 nitrogen and oxygen atoms in total. The van der Waals surface area contributed by atoms with E-state index in [9.17, 15) is 14.4 Å². The van der Waals surface area contributed by atoms with Gasteiger partial charge in [-0.1, -0.05) is 23.2 Å². The molecule has 1 aliphatic heterocycles. The Labute approximate surface area is 123 Å². The van der Waals surface area contributed by atoms with Gasteiger partial charge in [-0.05, 0) is 12.1 Å². The Kier molecular flexibility index (Phi) is 4.10. The number of amides is 2. The fourth-order valence-electron chi connectivity index (χ4n) is 1.80. The molecule has 20 heavy (non-hydrogen) atoms. The number of carbonyl (C=O) groups excluding carboxylic acids is 2. The molecule has 0 aliphatic carbocycles. The number of halogens is 2. The number of pyridine rings is 1. The second kappa shape index (κ2) is 5.64. The van der Waals surface area contributed by atoms with Crippen LogP contribution in [0.5, 0.6) is 0 Å². The van der Waals surface area contributed by atoms with Crippen molar-refractivity contribution in [2.45, 2.75) is 6.04 Å². The third kappa shape index (κ3) is 2.83. The number of carboxylic acid groups (broad SMARTS) is 1. The van der Waals surface area contributed by atoms with Crippen molar-refractivity contribution in [1.82, 2.24) is 15.2 Å². The van der Waals surface area contributed by atoms with Crippen molar-refractivity contribution >= 4 is 41.0 Å². The van der Waals surface area contributed by atoms with E-state index in [1.165, 1.54) is 12.1 Å². The Morgan fingerprint density at radius 3 is 2.70 bits per heavy atom. The Morgan fingerprint density at radius 2 is 2.10 bits per heavy atom. The van der Waals surface area contributed by atoms with Gasteiger partial charge in [0.25, 0.3) is 5.91 Å². The van der Waals surface area contributed by atoms with E-state index in [1.54, 1.807) is 0 Å². The number of hydrogen-bond donors (Lipinski definition) is 2. The van der Waals surface area contributed by atoms with E-state index in [0.717, 1.165) is 4.90 Å². The standard InChI is InChI=1S/C11H9Cl2N3O4/c12-7-2-1-5(9(13)15-7)10(18)16-4-8(17)14-3-6(16)11(19)20/h1-2,6H,3-4H2,(H,14,17)(H,19,20). The van der Waals surface area contributed by atoms with Gasteiger partial charge in [-0.2, -0.15) is 0 Å². The van der Waals surface area contributed by atoms with Crippen LogP contribution >= 0.6 is 23.2 Å². The summed E-state index contributed by atoms with van der Waals surface area (Å²) < 4.78 is 0. The fraction of sp³-hybridized carbons (Fsp3) is 0.273. The quantitative estimate of drug-likeness (QED) is 0.770. The minimum Gasteiger partial charge on any atom is -0.480 e. The first-order valence-corrected chi connectivity index (χ1v) is 6.28. The van der Waals surface area contributed by atoms with Crippen molar-refractivity contribution in [3.8, 4) is 0 Å². The summed E-state index contributed by atoms with van der Waals surface area (Å²) >= 11 is 11.4. The summed E-state index contributed by atoms with van der Waals surface area (Å²) in [7, 11) is 0. The predicted molar refractivity (Wildman–Crippen MR) is 69.7 cm³/mol. The summed E-state index contributed by atoms with van der Waals surface area (Å²) in [4.78, 5) is 39.4. The molecule has 9 heteroatoms. The third-order valence-electron chi connectivity index (χ3n) is 2.77. The Balaban J connectivity index is 2.33. The molecule has 0 aromatic carbocycles. The first-order valence-electron chi connectivity index (χ1n) is 5.52. The molecule has 2 rings (SSSR count). The van der Waals surface area contributed by atoms with Crippen LogP contribution in [-0.4, -0.2) is 51.9 Å². The number of nitrogens with one attached hydrogen (secondary N) is 1. The summed E-state index contributed by atoms with van der Waals surface area (Å²) in [5.41, 5.74) is -0.00276. The molecule has 1 unspecified atom stereocenters. The van der Waals surface area contributed by atoms with Gasteiger partial charge in [-0.15, -0.1) is 0 Å². The van der Waals surface area contributed by atoms with Crippen LogP contribution in [0, 0.1) is 0 Å². The molecular weight excluding hydrogens is 309 g/mol. The van der Waals surface area contributed by atoms with Gasteiger partial charge < -0.3 is 15.3 Å². The van der Waals surface area contributed by atoms with E-state index in [1.807, 2.05) is 0 Å². The topological polar surface area (TPSA) is 99.6 Å². The van der Waals surface area contributed by atoms with Crippen molar-refractivity contribution in [2.24, 2.45) is 0 Å². The lowest BCUT2D eigenvalue weighted by atomic mass is 10.1. The van der Waals surface area contributed by atoms with E-state index < -0.39 is 23.8 Å². The van der Waals surface area contributed by atoms with Gasteiger partial charge in [0.1, 0.15) is 22.9 Å². The molecule has 0 radical (unpaired) electrons. The highest BCUT2D eigenvalue weighted by Crippen LogP contribution is 2.20. The van der Waals surface area contributed by atoms with Gasteiger partial charge in [-0.3, -0.25) is 9.59 Å². The fourth-order valence-corrected chi connectivity index (χ4v) is 2.23. The first-order chi connectivity index (χ1) is 9.40. The zero-order valence-corrected chi connectivity index (χ0v) is 11.5. The second-order valence-corrected chi connectivity index (χ2v) is 4.81. The van der Waals surface area contributed by atoms with Crippen molar-refractivity contribution in [3.63, 3.8) is 0 Å². The first kappa shape index (κ1) is 14.5. The number of aromatic nitrogens is 1. The average molecular weight is 318 g/mol. The molecule has 1 aliphatic rings. The van der Waals surface area contributed by atoms with Gasteiger partial charge in [0.05, 0.1) is 5.56 Å². The van der Waals surface area contributed by atoms with E-state index in [0.29, 0.717) is 0 Å². The minimum absolute atomic E-state index is 0.00276. The Morgan fingerprint density at radius 1 is 1.40 bits per heavy atom. The molecule has 1 saturated heterocycles. The van der Waals surface area contributed by atoms with Crippen molar-refractivity contribution in [3.05, 3.63) is 28.0 Å². The van der Waals surface area contributed by atoms with E-state index in [-0.39, 0.29) is 29.0 Å². The van der Waals surface area contributed by atoms with Gasteiger partial charge in [0, 0.05) is 6.54 Å². The van der Waals surface area contributed by atoms with Crippen molar-refractivity contribution < 1.29 is 19.5 Å². The van der Waals surface area contributed by atoms with E-state index in [4.69, 9.17) is 28.3 Å². The molecule has 0 spiro atoms. The van der Waals surface area contributed by atoms with Crippen LogP contribution in [-0.2, 0) is 9.59 Å². The maximum atomic E-state index is 12.3. The molecular formula is C11H9Cl2N3O4. The number of hydrogen-bond acceptors (Lipinski definition) is 4. The van der Waals surface area contributed by atoms with E-state index in [2.05, 4.69) is 10.3 Å². The summed E-state index contributed by atoms with van der Waals surface area (Å²) in [5, 5.41) is 11.4. The largest absolute Gasteiger partial charge is 0.480 e. The second-order valence-electron chi connectivity index (χ2n) is 4.06. The van der Waals surface area contributed by atoms with Gasteiger partial charge >= 0.3 is 5.97 Å². The van der Waals surface area contributed by atoms with Gasteiger partial charge in [-0.25, -0.2) is 9.78 Å². The van der Waals surface area contributed by atoms with Crippen molar-refractivity contribution in [2.75, 3.05) is 13.1 Å². The molecule has 1 atom stereocenters. The highest BCUT2D eigenvalue weighted by Gasteiger charge is 2.36. The third-order valence-corrected chi connectivity index (χ3v) is 3.27. The molecule has 1 aromatic rings. The maximum absolute atomic E-state index is 12.3. The molecule has 0 saturated carbocycles. The zero-order chi connectivity index (χ0) is 14.9. The number of piperazine rings is 1. The molecule has 1 fully saturated rings. The van der Waals surface area contributed by atoms with Gasteiger partial charge in [0.15, 0.2) is 0 Å². The van der Waals surface area contributed by atoms with Crippen LogP contribution in [0.15, 0.2) is 12.1 Å². The number of carboxylic acids is 1. The summed E-state index contributed by atoms with van der Waals surface area (Å²) in [6.07, 6.45) is 0. The number of nitrogens with zero attached hydrogens (tertiary/aromatic N) is 2. The molecule has 2 N–H and O–H groups in total. The zero-order valence-electron chi connectivity index (χ0n) is 9.97. The van der Waals surface area contributed by atoms with Crippen molar-refractivity contribution in [1.29, 1.82) is 0 Å². The lowest BCUT2D eigenvalue weighted by Crippen LogP contribution is -2.59. The summed E-state index contributed by atoms with van der Waals surface area (Å²) in [6.45, 7) is -0.507. The van der Waals surface area contributed by atoms with Crippen LogP contribution in [0.1, 0.15) is 10.4 Å².